The topological polar surface area (TPSA) is 106 Å². The maximum Gasteiger partial charge on any atom is 0.339 e. The first-order chi connectivity index (χ1) is 11.9. The van der Waals surface area contributed by atoms with Crippen LogP contribution in [-0.2, 0) is 22.4 Å². The molecule has 7 nitrogen and oxygen atoms in total. The third-order valence-corrected chi connectivity index (χ3v) is 4.43. The maximum atomic E-state index is 12.1. The Morgan fingerprint density at radius 2 is 2.04 bits per heavy atom. The van der Waals surface area contributed by atoms with Gasteiger partial charge in [0, 0.05) is 16.5 Å². The summed E-state index contributed by atoms with van der Waals surface area (Å²) < 4.78 is 11.1. The predicted octanol–water partition coefficient (Wildman–Crippen LogP) is 1.56. The largest absolute Gasteiger partial charge is 0.480 e. The van der Waals surface area contributed by atoms with E-state index in [2.05, 4.69) is 5.32 Å². The van der Waals surface area contributed by atoms with E-state index in [0.717, 1.165) is 35.8 Å². The third-order valence-electron chi connectivity index (χ3n) is 4.43. The molecule has 1 amide bonds. The van der Waals surface area contributed by atoms with Crippen molar-refractivity contribution in [3.63, 3.8) is 0 Å². The van der Waals surface area contributed by atoms with Gasteiger partial charge in [-0.25, -0.2) is 4.79 Å². The van der Waals surface area contributed by atoms with Gasteiger partial charge in [0.1, 0.15) is 17.9 Å². The molecule has 0 radical (unpaired) electrons. The smallest absolute Gasteiger partial charge is 0.339 e. The Kier molecular flexibility index (Phi) is 4.48. The van der Waals surface area contributed by atoms with Crippen molar-refractivity contribution < 1.29 is 23.8 Å². The standard InChI is InChI=1S/C18H19NO6/c1-9-14(24-10(2)17(22)19-8-15(20)21)7-6-12-11-4-3-5-13(11)18(23)25-16(9)12/h6-7,10H,3-5,8H2,1-2H3,(H,19,22)(H,20,21). The van der Waals surface area contributed by atoms with E-state index in [1.54, 1.807) is 13.0 Å². The van der Waals surface area contributed by atoms with Crippen molar-refractivity contribution in [2.45, 2.75) is 39.2 Å². The van der Waals surface area contributed by atoms with Crippen LogP contribution >= 0.6 is 0 Å². The lowest BCUT2D eigenvalue weighted by atomic mass is 10.0. The summed E-state index contributed by atoms with van der Waals surface area (Å²) in [7, 11) is 0. The molecule has 1 heterocycles. The van der Waals surface area contributed by atoms with E-state index in [-0.39, 0.29) is 5.63 Å². The number of rotatable bonds is 5. The first-order valence-electron chi connectivity index (χ1n) is 8.12. The highest BCUT2D eigenvalue weighted by Gasteiger charge is 2.22. The quantitative estimate of drug-likeness (QED) is 0.797. The number of fused-ring (bicyclic) bond motifs is 3. The number of carboxylic acids is 1. The Hall–Kier alpha value is -2.83. The van der Waals surface area contributed by atoms with Gasteiger partial charge in [-0.05, 0) is 50.8 Å². The molecule has 0 aliphatic heterocycles. The van der Waals surface area contributed by atoms with Gasteiger partial charge in [-0.15, -0.1) is 0 Å². The van der Waals surface area contributed by atoms with Crippen LogP contribution in [0.2, 0.25) is 0 Å². The Morgan fingerprint density at radius 1 is 1.32 bits per heavy atom. The summed E-state index contributed by atoms with van der Waals surface area (Å²) in [5.74, 6) is -1.23. The summed E-state index contributed by atoms with van der Waals surface area (Å²) >= 11 is 0. The van der Waals surface area contributed by atoms with Gasteiger partial charge in [-0.1, -0.05) is 0 Å². The molecule has 1 unspecified atom stereocenters. The zero-order valence-electron chi connectivity index (χ0n) is 14.0. The van der Waals surface area contributed by atoms with Crippen molar-refractivity contribution in [1.29, 1.82) is 0 Å². The van der Waals surface area contributed by atoms with Crippen molar-refractivity contribution in [2.24, 2.45) is 0 Å². The molecule has 132 valence electrons. The molecule has 1 aromatic carbocycles. The van der Waals surface area contributed by atoms with Crippen molar-refractivity contribution >= 4 is 22.8 Å². The van der Waals surface area contributed by atoms with Gasteiger partial charge in [0.25, 0.3) is 5.91 Å². The lowest BCUT2D eigenvalue weighted by Gasteiger charge is -2.17. The molecule has 0 bridgehead atoms. The molecular weight excluding hydrogens is 326 g/mol. The lowest BCUT2D eigenvalue weighted by molar-refractivity contribution is -0.139. The minimum atomic E-state index is -1.13. The summed E-state index contributed by atoms with van der Waals surface area (Å²) in [5.41, 5.74) is 2.59. The van der Waals surface area contributed by atoms with Gasteiger partial charge >= 0.3 is 11.6 Å². The van der Waals surface area contributed by atoms with Crippen LogP contribution in [0.25, 0.3) is 11.0 Å². The van der Waals surface area contributed by atoms with Crippen LogP contribution in [0.4, 0.5) is 0 Å². The van der Waals surface area contributed by atoms with Gasteiger partial charge in [0.2, 0.25) is 0 Å². The van der Waals surface area contributed by atoms with Crippen LogP contribution in [-0.4, -0.2) is 29.6 Å². The van der Waals surface area contributed by atoms with Crippen molar-refractivity contribution in [1.82, 2.24) is 5.32 Å². The Balaban J connectivity index is 1.90. The summed E-state index contributed by atoms with van der Waals surface area (Å²) in [6.07, 6.45) is 1.66. The average Bonchev–Trinajstić information content (AvgIpc) is 3.06. The number of carboxylic acid groups (broad SMARTS) is 1. The minimum absolute atomic E-state index is 0.313. The normalized spacial score (nSPS) is 14.2. The molecule has 1 aliphatic carbocycles. The molecule has 0 saturated heterocycles. The number of hydrogen-bond donors (Lipinski definition) is 2. The number of benzene rings is 1. The van der Waals surface area contributed by atoms with E-state index in [9.17, 15) is 14.4 Å². The molecule has 2 N–H and O–H groups in total. The highest BCUT2D eigenvalue weighted by Crippen LogP contribution is 2.33. The number of amides is 1. The van der Waals surface area contributed by atoms with E-state index < -0.39 is 24.5 Å². The Morgan fingerprint density at radius 3 is 2.76 bits per heavy atom. The molecular formula is C18H19NO6. The number of aryl methyl sites for hydroxylation is 2. The van der Waals surface area contributed by atoms with Gasteiger partial charge in [-0.2, -0.15) is 0 Å². The van der Waals surface area contributed by atoms with Gasteiger partial charge < -0.3 is 19.6 Å². The number of carbonyl (C=O) groups is 2. The van der Waals surface area contributed by atoms with E-state index in [1.165, 1.54) is 6.92 Å². The van der Waals surface area contributed by atoms with Crippen LogP contribution in [0.5, 0.6) is 5.75 Å². The van der Waals surface area contributed by atoms with Gasteiger partial charge in [0.15, 0.2) is 6.10 Å². The zero-order chi connectivity index (χ0) is 18.1. The lowest BCUT2D eigenvalue weighted by Crippen LogP contribution is -2.39. The molecule has 1 aliphatic rings. The fraction of sp³-hybridized carbons (Fsp3) is 0.389. The SMILES string of the molecule is Cc1c(OC(C)C(=O)NCC(=O)O)ccc2c3c(c(=O)oc12)CCC3. The molecule has 0 saturated carbocycles. The highest BCUT2D eigenvalue weighted by molar-refractivity contribution is 5.87. The molecule has 7 heteroatoms. The fourth-order valence-electron chi connectivity index (χ4n) is 3.14. The van der Waals surface area contributed by atoms with Crippen LogP contribution in [0.1, 0.15) is 30.0 Å². The predicted molar refractivity (Wildman–Crippen MR) is 90.0 cm³/mol. The van der Waals surface area contributed by atoms with Crippen molar-refractivity contribution in [2.75, 3.05) is 6.54 Å². The van der Waals surface area contributed by atoms with Crippen molar-refractivity contribution in [3.8, 4) is 5.75 Å². The summed E-state index contributed by atoms with van der Waals surface area (Å²) in [6, 6.07) is 3.59. The molecule has 0 spiro atoms. The zero-order valence-corrected chi connectivity index (χ0v) is 14.0. The maximum absolute atomic E-state index is 12.1. The number of carbonyl (C=O) groups excluding carboxylic acids is 1. The Labute approximate surface area is 143 Å². The molecule has 1 atom stereocenters. The van der Waals surface area contributed by atoms with Gasteiger partial charge in [0.05, 0.1) is 0 Å². The second kappa shape index (κ2) is 6.58. The van der Waals surface area contributed by atoms with E-state index in [0.29, 0.717) is 16.9 Å². The average molecular weight is 345 g/mol. The van der Waals surface area contributed by atoms with Crippen LogP contribution in [0, 0.1) is 6.92 Å². The number of ether oxygens (including phenoxy) is 1. The molecule has 25 heavy (non-hydrogen) atoms. The molecule has 1 aromatic heterocycles. The number of hydrogen-bond acceptors (Lipinski definition) is 5. The molecule has 0 fully saturated rings. The van der Waals surface area contributed by atoms with E-state index >= 15 is 0 Å². The Bertz CT molecular complexity index is 914. The summed E-state index contributed by atoms with van der Waals surface area (Å²) in [6.45, 7) is 2.83. The number of aliphatic carboxylic acids is 1. The summed E-state index contributed by atoms with van der Waals surface area (Å²) in [4.78, 5) is 34.5. The van der Waals surface area contributed by atoms with E-state index in [1.807, 2.05) is 6.07 Å². The first-order valence-corrected chi connectivity index (χ1v) is 8.12. The highest BCUT2D eigenvalue weighted by atomic mass is 16.5. The third kappa shape index (κ3) is 3.22. The second-order valence-electron chi connectivity index (χ2n) is 6.14. The molecule has 2 aromatic rings. The van der Waals surface area contributed by atoms with Crippen molar-refractivity contribution in [3.05, 3.63) is 39.2 Å². The first kappa shape index (κ1) is 17.0. The summed E-state index contributed by atoms with van der Waals surface area (Å²) in [5, 5.41) is 11.8. The van der Waals surface area contributed by atoms with Crippen LogP contribution in [0.3, 0.4) is 0 Å². The van der Waals surface area contributed by atoms with Crippen LogP contribution < -0.4 is 15.7 Å². The monoisotopic (exact) mass is 345 g/mol. The number of nitrogens with one attached hydrogen (secondary N) is 1. The second-order valence-corrected chi connectivity index (χ2v) is 6.14. The van der Waals surface area contributed by atoms with E-state index in [4.69, 9.17) is 14.3 Å². The van der Waals surface area contributed by atoms with Gasteiger partial charge in [-0.3, -0.25) is 9.59 Å². The van der Waals surface area contributed by atoms with Crippen LogP contribution in [0.15, 0.2) is 21.3 Å². The fourth-order valence-corrected chi connectivity index (χ4v) is 3.14. The minimum Gasteiger partial charge on any atom is -0.480 e. The molecule has 3 rings (SSSR count).